The molecule has 1 N–H and O–H groups in total. The molecule has 6 heteroatoms. The molecular weight excluding hydrogens is 264 g/mol. The van der Waals surface area contributed by atoms with Crippen molar-refractivity contribution in [2.24, 2.45) is 0 Å². The van der Waals surface area contributed by atoms with Gasteiger partial charge in [0.05, 0.1) is 10.9 Å². The lowest BCUT2D eigenvalue weighted by atomic mass is 10.2. The number of thioether (sulfide) groups is 1. The quantitative estimate of drug-likeness (QED) is 0.840. The normalized spacial score (nSPS) is 17.9. The maximum atomic E-state index is 12.1. The number of nitrogens with zero attached hydrogens (tertiary/aromatic N) is 1. The van der Waals surface area contributed by atoms with Gasteiger partial charge in [0.2, 0.25) is 11.8 Å². The van der Waals surface area contributed by atoms with Gasteiger partial charge in [-0.05, 0) is 25.1 Å². The zero-order valence-corrected chi connectivity index (χ0v) is 11.5. The number of hydrogen-bond acceptors (Lipinski definition) is 4. The van der Waals surface area contributed by atoms with Crippen molar-refractivity contribution in [1.82, 2.24) is 5.32 Å². The van der Waals surface area contributed by atoms with E-state index >= 15 is 0 Å². The monoisotopic (exact) mass is 278 g/mol. The van der Waals surface area contributed by atoms with Crippen LogP contribution in [0.15, 0.2) is 23.1 Å². The Bertz CT molecular complexity index is 545. The summed E-state index contributed by atoms with van der Waals surface area (Å²) >= 11 is 1.41. The van der Waals surface area contributed by atoms with Gasteiger partial charge in [0, 0.05) is 17.5 Å². The summed E-state index contributed by atoms with van der Waals surface area (Å²) in [5, 5.41) is 2.24. The van der Waals surface area contributed by atoms with E-state index in [1.165, 1.54) is 23.7 Å². The number of amides is 2. The molecule has 0 spiro atoms. The number of aldehydes is 1. The van der Waals surface area contributed by atoms with Crippen LogP contribution in [-0.4, -0.2) is 36.9 Å². The SMILES string of the molecule is CNC(=O)CN1C(=O)C(C)Sc2cc(C=O)ccc21. The molecule has 100 valence electrons. The molecule has 19 heavy (non-hydrogen) atoms. The van der Waals surface area contributed by atoms with Crippen molar-refractivity contribution in [1.29, 1.82) is 0 Å². The van der Waals surface area contributed by atoms with Gasteiger partial charge in [-0.2, -0.15) is 0 Å². The Morgan fingerprint density at radius 3 is 2.89 bits per heavy atom. The summed E-state index contributed by atoms with van der Waals surface area (Å²) in [5.41, 5.74) is 1.25. The molecule has 1 aliphatic heterocycles. The number of likely N-dealkylation sites (N-methyl/N-ethyl adjacent to an activating group) is 1. The fraction of sp³-hybridized carbons (Fsp3) is 0.308. The van der Waals surface area contributed by atoms with E-state index < -0.39 is 0 Å². The molecule has 0 radical (unpaired) electrons. The zero-order chi connectivity index (χ0) is 14.0. The molecule has 0 fully saturated rings. The molecule has 2 amide bonds. The lowest BCUT2D eigenvalue weighted by Crippen LogP contribution is -2.45. The number of nitrogens with one attached hydrogen (secondary N) is 1. The molecule has 2 rings (SSSR count). The minimum atomic E-state index is -0.265. The van der Waals surface area contributed by atoms with E-state index in [0.717, 1.165) is 11.2 Å². The Hall–Kier alpha value is -1.82. The second kappa shape index (κ2) is 5.44. The van der Waals surface area contributed by atoms with E-state index in [4.69, 9.17) is 0 Å². The minimum Gasteiger partial charge on any atom is -0.358 e. The average molecular weight is 278 g/mol. The molecule has 1 heterocycles. The number of anilines is 1. The van der Waals surface area contributed by atoms with Crippen LogP contribution in [0.3, 0.4) is 0 Å². The summed E-state index contributed by atoms with van der Waals surface area (Å²) < 4.78 is 0. The van der Waals surface area contributed by atoms with Crippen molar-refractivity contribution in [2.75, 3.05) is 18.5 Å². The predicted molar refractivity (Wildman–Crippen MR) is 73.6 cm³/mol. The maximum Gasteiger partial charge on any atom is 0.240 e. The maximum absolute atomic E-state index is 12.1. The lowest BCUT2D eigenvalue weighted by molar-refractivity contribution is -0.123. The molecule has 0 saturated heterocycles. The Balaban J connectivity index is 2.41. The Labute approximate surface area is 115 Å². The topological polar surface area (TPSA) is 66.5 Å². The fourth-order valence-electron chi connectivity index (χ4n) is 1.89. The highest BCUT2D eigenvalue weighted by Gasteiger charge is 2.31. The first-order valence-corrected chi connectivity index (χ1v) is 6.72. The largest absolute Gasteiger partial charge is 0.358 e. The summed E-state index contributed by atoms with van der Waals surface area (Å²) in [4.78, 5) is 36.7. The van der Waals surface area contributed by atoms with E-state index in [1.54, 1.807) is 25.1 Å². The number of fused-ring (bicyclic) bond motifs is 1. The first-order chi connectivity index (χ1) is 9.06. The molecular formula is C13H14N2O3S. The van der Waals surface area contributed by atoms with Crippen LogP contribution in [-0.2, 0) is 9.59 Å². The van der Waals surface area contributed by atoms with Crippen LogP contribution >= 0.6 is 11.8 Å². The second-order valence-corrected chi connectivity index (χ2v) is 5.59. The molecule has 1 aromatic rings. The van der Waals surface area contributed by atoms with Gasteiger partial charge in [-0.3, -0.25) is 14.4 Å². The molecule has 0 aliphatic carbocycles. The number of benzene rings is 1. The van der Waals surface area contributed by atoms with Crippen LogP contribution in [0.4, 0.5) is 5.69 Å². The fourth-order valence-corrected chi connectivity index (χ4v) is 3.00. The zero-order valence-electron chi connectivity index (χ0n) is 10.7. The molecule has 5 nitrogen and oxygen atoms in total. The van der Waals surface area contributed by atoms with Crippen molar-refractivity contribution in [3.63, 3.8) is 0 Å². The summed E-state index contributed by atoms with van der Waals surface area (Å²) in [5.74, 6) is -0.321. The van der Waals surface area contributed by atoms with Crippen molar-refractivity contribution in [3.05, 3.63) is 23.8 Å². The van der Waals surface area contributed by atoms with Gasteiger partial charge in [0.25, 0.3) is 0 Å². The lowest BCUT2D eigenvalue weighted by Gasteiger charge is -2.31. The van der Waals surface area contributed by atoms with E-state index in [0.29, 0.717) is 11.3 Å². The molecule has 0 bridgehead atoms. The van der Waals surface area contributed by atoms with E-state index in [9.17, 15) is 14.4 Å². The molecule has 0 saturated carbocycles. The van der Waals surface area contributed by atoms with Crippen LogP contribution < -0.4 is 10.2 Å². The molecule has 1 atom stereocenters. The second-order valence-electron chi connectivity index (χ2n) is 4.20. The predicted octanol–water partition coefficient (Wildman–Crippen LogP) is 1.07. The van der Waals surface area contributed by atoms with Crippen LogP contribution in [0.5, 0.6) is 0 Å². The summed E-state index contributed by atoms with van der Waals surface area (Å²) in [6.07, 6.45) is 0.769. The Morgan fingerprint density at radius 2 is 2.26 bits per heavy atom. The van der Waals surface area contributed by atoms with Crippen LogP contribution in [0, 0.1) is 0 Å². The van der Waals surface area contributed by atoms with Crippen LogP contribution in [0.2, 0.25) is 0 Å². The van der Waals surface area contributed by atoms with Crippen molar-refractivity contribution >= 4 is 35.5 Å². The summed E-state index contributed by atoms with van der Waals surface area (Å²) in [7, 11) is 1.53. The van der Waals surface area contributed by atoms with E-state index in [2.05, 4.69) is 5.32 Å². The van der Waals surface area contributed by atoms with Gasteiger partial charge in [0.15, 0.2) is 0 Å². The number of carbonyl (C=O) groups is 3. The van der Waals surface area contributed by atoms with Gasteiger partial charge < -0.3 is 10.2 Å². The van der Waals surface area contributed by atoms with Crippen molar-refractivity contribution in [3.8, 4) is 0 Å². The van der Waals surface area contributed by atoms with Gasteiger partial charge in [-0.15, -0.1) is 11.8 Å². The van der Waals surface area contributed by atoms with E-state index in [1.807, 2.05) is 0 Å². The van der Waals surface area contributed by atoms with Crippen LogP contribution in [0.1, 0.15) is 17.3 Å². The average Bonchev–Trinajstić information content (AvgIpc) is 2.42. The van der Waals surface area contributed by atoms with Crippen molar-refractivity contribution < 1.29 is 14.4 Å². The summed E-state index contributed by atoms with van der Waals surface area (Å²) in [6, 6.07) is 5.10. The Kier molecular flexibility index (Phi) is 3.90. The minimum absolute atomic E-state index is 0.00628. The molecule has 1 aromatic carbocycles. The van der Waals surface area contributed by atoms with Crippen LogP contribution in [0.25, 0.3) is 0 Å². The highest BCUT2D eigenvalue weighted by atomic mass is 32.2. The van der Waals surface area contributed by atoms with E-state index in [-0.39, 0.29) is 23.6 Å². The number of hydrogen-bond donors (Lipinski definition) is 1. The smallest absolute Gasteiger partial charge is 0.240 e. The Morgan fingerprint density at radius 1 is 1.53 bits per heavy atom. The van der Waals surface area contributed by atoms with Crippen molar-refractivity contribution in [2.45, 2.75) is 17.1 Å². The highest BCUT2D eigenvalue weighted by molar-refractivity contribution is 8.01. The van der Waals surface area contributed by atoms with Gasteiger partial charge in [-0.1, -0.05) is 0 Å². The number of carbonyl (C=O) groups excluding carboxylic acids is 3. The highest BCUT2D eigenvalue weighted by Crippen LogP contribution is 2.39. The third-order valence-electron chi connectivity index (χ3n) is 2.91. The molecule has 0 aromatic heterocycles. The number of rotatable bonds is 3. The standard InChI is InChI=1S/C13H14N2O3S/c1-8-13(18)15(6-12(17)14-2)10-4-3-9(7-16)5-11(10)19-8/h3-5,7-8H,6H2,1-2H3,(H,14,17). The third kappa shape index (κ3) is 2.63. The molecule has 1 unspecified atom stereocenters. The van der Waals surface area contributed by atoms with Gasteiger partial charge in [0.1, 0.15) is 12.8 Å². The molecule has 1 aliphatic rings. The first-order valence-electron chi connectivity index (χ1n) is 5.84. The third-order valence-corrected chi connectivity index (χ3v) is 4.04. The first kappa shape index (κ1) is 13.6. The summed E-state index contributed by atoms with van der Waals surface area (Å²) in [6.45, 7) is 1.79. The van der Waals surface area contributed by atoms with Gasteiger partial charge >= 0.3 is 0 Å². The van der Waals surface area contributed by atoms with Gasteiger partial charge in [-0.25, -0.2) is 0 Å².